The lowest BCUT2D eigenvalue weighted by atomic mass is 9.94. The molecule has 0 unspecified atom stereocenters. The van der Waals surface area contributed by atoms with E-state index in [1.807, 2.05) is 36.0 Å². The van der Waals surface area contributed by atoms with E-state index in [1.165, 1.54) is 0 Å². The van der Waals surface area contributed by atoms with Crippen LogP contribution >= 0.6 is 0 Å². The van der Waals surface area contributed by atoms with Crippen LogP contribution in [-0.2, 0) is 21.8 Å². The predicted molar refractivity (Wildman–Crippen MR) is 129 cm³/mol. The van der Waals surface area contributed by atoms with Gasteiger partial charge in [0, 0.05) is 48.8 Å². The summed E-state index contributed by atoms with van der Waals surface area (Å²) in [4.78, 5) is 4.32. The van der Waals surface area contributed by atoms with Gasteiger partial charge in [-0.3, -0.25) is 4.72 Å². The molecule has 0 atom stereocenters. The molecule has 4 rings (SSSR count). The summed E-state index contributed by atoms with van der Waals surface area (Å²) in [5, 5.41) is 0.952. The van der Waals surface area contributed by atoms with Crippen molar-refractivity contribution in [2.75, 3.05) is 24.7 Å². The second kappa shape index (κ2) is 9.61. The van der Waals surface area contributed by atoms with Gasteiger partial charge in [-0.15, -0.1) is 0 Å². The summed E-state index contributed by atoms with van der Waals surface area (Å²) >= 11 is 0. The number of aryl methyl sites for hydroxylation is 1. The third-order valence-electron chi connectivity index (χ3n) is 6.22. The third-order valence-corrected chi connectivity index (χ3v) is 7.53. The molecule has 0 bridgehead atoms. The molecule has 1 saturated carbocycles. The first-order chi connectivity index (χ1) is 15.8. The quantitative estimate of drug-likeness (QED) is 0.523. The van der Waals surface area contributed by atoms with Crippen molar-refractivity contribution in [3.63, 3.8) is 0 Å². The number of hydrogen-bond donors (Lipinski definition) is 1. The molecule has 2 heterocycles. The Morgan fingerprint density at radius 1 is 1.09 bits per heavy atom. The molecular formula is C24H31N3O5S. The number of benzene rings is 1. The molecule has 9 heteroatoms. The highest BCUT2D eigenvalue weighted by atomic mass is 32.2. The first kappa shape index (κ1) is 23.4. The molecule has 1 aromatic carbocycles. The Kier molecular flexibility index (Phi) is 6.81. The molecule has 8 nitrogen and oxygen atoms in total. The number of methoxy groups -OCH3 is 2. The molecule has 33 heavy (non-hydrogen) atoms. The van der Waals surface area contributed by atoms with Crippen molar-refractivity contribution in [2.24, 2.45) is 7.05 Å². The van der Waals surface area contributed by atoms with Gasteiger partial charge in [0.25, 0.3) is 0 Å². The van der Waals surface area contributed by atoms with E-state index in [4.69, 9.17) is 14.2 Å². The lowest BCUT2D eigenvalue weighted by Crippen LogP contribution is -2.27. The van der Waals surface area contributed by atoms with Gasteiger partial charge in [0.05, 0.1) is 25.1 Å². The number of anilines is 1. The lowest BCUT2D eigenvalue weighted by molar-refractivity contribution is 0.0329. The summed E-state index contributed by atoms with van der Waals surface area (Å²) in [6.45, 7) is 1.61. The molecule has 1 N–H and O–H groups in total. The van der Waals surface area contributed by atoms with Crippen molar-refractivity contribution in [2.45, 2.75) is 44.8 Å². The molecule has 3 aromatic rings. The summed E-state index contributed by atoms with van der Waals surface area (Å²) in [6.07, 6.45) is 7.82. The van der Waals surface area contributed by atoms with Crippen LogP contribution in [0.15, 0.2) is 36.7 Å². The summed E-state index contributed by atoms with van der Waals surface area (Å²) in [6, 6.07) is 7.37. The summed E-state index contributed by atoms with van der Waals surface area (Å²) in [5.41, 5.74) is 3.10. The summed E-state index contributed by atoms with van der Waals surface area (Å²) < 4.78 is 46.4. The highest BCUT2D eigenvalue weighted by Crippen LogP contribution is 2.41. The van der Waals surface area contributed by atoms with Crippen molar-refractivity contribution >= 4 is 26.6 Å². The monoisotopic (exact) mass is 473 g/mol. The fourth-order valence-electron chi connectivity index (χ4n) is 4.41. The van der Waals surface area contributed by atoms with Gasteiger partial charge >= 0.3 is 0 Å². The van der Waals surface area contributed by atoms with Gasteiger partial charge in [-0.1, -0.05) is 0 Å². The Morgan fingerprint density at radius 3 is 2.48 bits per heavy atom. The first-order valence-electron chi connectivity index (χ1n) is 11.2. The lowest BCUT2D eigenvalue weighted by Gasteiger charge is -2.29. The van der Waals surface area contributed by atoms with E-state index in [1.54, 1.807) is 33.4 Å². The Balaban J connectivity index is 1.78. The number of pyridine rings is 1. The zero-order chi connectivity index (χ0) is 23.6. The van der Waals surface area contributed by atoms with Gasteiger partial charge in [0.1, 0.15) is 11.3 Å². The molecular weight excluding hydrogens is 442 g/mol. The predicted octanol–water partition coefficient (Wildman–Crippen LogP) is 4.35. The Morgan fingerprint density at radius 2 is 1.82 bits per heavy atom. The van der Waals surface area contributed by atoms with Crippen LogP contribution in [-0.4, -0.2) is 50.1 Å². The van der Waals surface area contributed by atoms with Crippen LogP contribution in [0.2, 0.25) is 0 Å². The number of nitrogens with one attached hydrogen (secondary N) is 1. The number of fused-ring (bicyclic) bond motifs is 1. The topological polar surface area (TPSA) is 91.7 Å². The van der Waals surface area contributed by atoms with Crippen molar-refractivity contribution in [3.05, 3.63) is 36.7 Å². The van der Waals surface area contributed by atoms with Gasteiger partial charge in [0.2, 0.25) is 15.9 Å². The number of sulfonamides is 1. The molecule has 0 spiro atoms. The first-order valence-corrected chi connectivity index (χ1v) is 12.8. The van der Waals surface area contributed by atoms with Crippen LogP contribution in [0.3, 0.4) is 0 Å². The Hall–Kier alpha value is -2.78. The van der Waals surface area contributed by atoms with E-state index in [0.29, 0.717) is 11.6 Å². The van der Waals surface area contributed by atoms with Gasteiger partial charge in [-0.2, -0.15) is 0 Å². The Labute approximate surface area is 194 Å². The van der Waals surface area contributed by atoms with Gasteiger partial charge in [-0.05, 0) is 56.9 Å². The van der Waals surface area contributed by atoms with Crippen LogP contribution in [0, 0.1) is 0 Å². The zero-order valence-electron chi connectivity index (χ0n) is 19.5. The maximum atomic E-state index is 12.2. The molecule has 1 aliphatic carbocycles. The Bertz CT molecular complexity index is 1230. The second-order valence-corrected chi connectivity index (χ2v) is 10.3. The minimum Gasteiger partial charge on any atom is -0.490 e. The highest BCUT2D eigenvalue weighted by molar-refractivity contribution is 7.92. The van der Waals surface area contributed by atoms with Gasteiger partial charge < -0.3 is 18.8 Å². The normalized spacial score (nSPS) is 18.9. The van der Waals surface area contributed by atoms with E-state index in [-0.39, 0.29) is 18.0 Å². The van der Waals surface area contributed by atoms with Crippen LogP contribution in [0.4, 0.5) is 5.69 Å². The van der Waals surface area contributed by atoms with Gasteiger partial charge in [0.15, 0.2) is 0 Å². The smallest absolute Gasteiger partial charge is 0.238 e. The van der Waals surface area contributed by atoms with Crippen molar-refractivity contribution < 1.29 is 22.6 Å². The third kappa shape index (κ3) is 4.94. The molecule has 1 aliphatic rings. The van der Waals surface area contributed by atoms with Crippen LogP contribution in [0.25, 0.3) is 22.0 Å². The second-order valence-electron chi connectivity index (χ2n) is 8.34. The minimum atomic E-state index is -3.41. The number of ether oxygens (including phenoxy) is 3. The maximum Gasteiger partial charge on any atom is 0.238 e. The zero-order valence-corrected chi connectivity index (χ0v) is 20.3. The molecule has 1 fully saturated rings. The number of nitrogens with zero attached hydrogens (tertiary/aromatic N) is 2. The summed E-state index contributed by atoms with van der Waals surface area (Å²) in [5.74, 6) is 1.25. The molecule has 0 amide bonds. The standard InChI is InChI=1S/C24H31N3O5S/c1-5-33(28,29)26-16-6-11-22(32-18-9-7-17(30-3)8-10-18)20(14-16)21-15-27(2)23-19(21)12-13-25-24(23)31-4/h6,11-15,17-18,26H,5,7-10H2,1-4H3/t17-,18+. The maximum absolute atomic E-state index is 12.2. The number of rotatable bonds is 8. The fraction of sp³-hybridized carbons (Fsp3) is 0.458. The van der Waals surface area contributed by atoms with Crippen LogP contribution < -0.4 is 14.2 Å². The van der Waals surface area contributed by atoms with Crippen LogP contribution in [0.5, 0.6) is 11.6 Å². The number of aromatic nitrogens is 2. The molecule has 2 aromatic heterocycles. The van der Waals surface area contributed by atoms with E-state index in [9.17, 15) is 8.42 Å². The van der Waals surface area contributed by atoms with E-state index in [0.717, 1.165) is 53.5 Å². The molecule has 0 radical (unpaired) electrons. The fourth-order valence-corrected chi connectivity index (χ4v) is 5.04. The van der Waals surface area contributed by atoms with Crippen molar-refractivity contribution in [3.8, 4) is 22.8 Å². The molecule has 0 aliphatic heterocycles. The largest absolute Gasteiger partial charge is 0.490 e. The SMILES string of the molecule is CCS(=O)(=O)Nc1ccc(O[C@H]2CC[C@@H](OC)CC2)c(-c2cn(C)c3c(OC)nccc23)c1. The van der Waals surface area contributed by atoms with E-state index in [2.05, 4.69) is 9.71 Å². The van der Waals surface area contributed by atoms with Crippen LogP contribution in [0.1, 0.15) is 32.6 Å². The summed E-state index contributed by atoms with van der Waals surface area (Å²) in [7, 11) is 1.88. The van der Waals surface area contributed by atoms with Crippen molar-refractivity contribution in [1.29, 1.82) is 0 Å². The highest BCUT2D eigenvalue weighted by Gasteiger charge is 2.24. The van der Waals surface area contributed by atoms with Gasteiger partial charge in [-0.25, -0.2) is 13.4 Å². The molecule has 0 saturated heterocycles. The molecule has 178 valence electrons. The average Bonchev–Trinajstić information content (AvgIpc) is 3.17. The minimum absolute atomic E-state index is 0.000457. The van der Waals surface area contributed by atoms with E-state index >= 15 is 0 Å². The number of hydrogen-bond acceptors (Lipinski definition) is 6. The average molecular weight is 474 g/mol. The van der Waals surface area contributed by atoms with Crippen molar-refractivity contribution in [1.82, 2.24) is 9.55 Å². The van der Waals surface area contributed by atoms with E-state index < -0.39 is 10.0 Å².